The molecule has 4 rings (SSSR count). The number of quaternary nitrogens is 1. The molecule has 2 aromatic carbocycles. The molecule has 0 saturated carbocycles. The lowest BCUT2D eigenvalue weighted by Gasteiger charge is -2.33. The van der Waals surface area contributed by atoms with E-state index < -0.39 is 0 Å². The van der Waals surface area contributed by atoms with Gasteiger partial charge in [-0.3, -0.25) is 0 Å². The van der Waals surface area contributed by atoms with E-state index in [4.69, 9.17) is 0 Å². The summed E-state index contributed by atoms with van der Waals surface area (Å²) in [5, 5.41) is 12.5. The molecule has 8 heteroatoms. The number of hydrogen-bond acceptors (Lipinski definition) is 4. The van der Waals surface area contributed by atoms with Gasteiger partial charge in [0, 0.05) is 5.56 Å². The second-order valence-corrected chi connectivity index (χ2v) is 6.34. The molecule has 3 aromatic rings. The minimum Gasteiger partial charge on any atom is -0.358 e. The van der Waals surface area contributed by atoms with Crippen LogP contribution < -0.4 is 9.80 Å². The fourth-order valence-electron chi connectivity index (χ4n) is 3.15. The first-order chi connectivity index (χ1) is 12.7. The van der Waals surface area contributed by atoms with Gasteiger partial charge in [0.1, 0.15) is 11.6 Å². The number of nitrogens with one attached hydrogen (secondary N) is 1. The highest BCUT2D eigenvalue weighted by atomic mass is 19.1. The van der Waals surface area contributed by atoms with Crippen LogP contribution in [0.4, 0.5) is 14.5 Å². The highest BCUT2D eigenvalue weighted by Gasteiger charge is 2.22. The molecule has 0 spiro atoms. The lowest BCUT2D eigenvalue weighted by molar-refractivity contribution is -0.924. The van der Waals surface area contributed by atoms with Crippen LogP contribution in [-0.2, 0) is 6.67 Å². The van der Waals surface area contributed by atoms with Crippen molar-refractivity contribution >= 4 is 5.69 Å². The van der Waals surface area contributed by atoms with E-state index in [0.29, 0.717) is 18.2 Å². The van der Waals surface area contributed by atoms with Crippen molar-refractivity contribution in [3.05, 3.63) is 60.2 Å². The fraction of sp³-hybridized carbons (Fsp3) is 0.278. The number of piperazine rings is 1. The Morgan fingerprint density at radius 1 is 0.962 bits per heavy atom. The lowest BCUT2D eigenvalue weighted by atomic mass is 10.2. The molecule has 0 amide bonds. The van der Waals surface area contributed by atoms with E-state index in [1.54, 1.807) is 23.0 Å². The molecule has 0 radical (unpaired) electrons. The zero-order chi connectivity index (χ0) is 17.9. The maximum atomic E-state index is 13.9. The Labute approximate surface area is 149 Å². The van der Waals surface area contributed by atoms with Gasteiger partial charge in [-0.1, -0.05) is 12.1 Å². The quantitative estimate of drug-likeness (QED) is 0.756. The number of rotatable bonds is 4. The first-order valence-corrected chi connectivity index (χ1v) is 8.56. The number of benzene rings is 2. The molecule has 0 atom stereocenters. The maximum absolute atomic E-state index is 13.9. The molecule has 1 fully saturated rings. The first kappa shape index (κ1) is 16.6. The second-order valence-electron chi connectivity index (χ2n) is 6.34. The number of aromatic nitrogens is 4. The number of hydrogen-bond donors (Lipinski definition) is 1. The van der Waals surface area contributed by atoms with Crippen LogP contribution in [0.25, 0.3) is 11.4 Å². The van der Waals surface area contributed by atoms with E-state index in [1.807, 2.05) is 12.1 Å². The van der Waals surface area contributed by atoms with Crippen LogP contribution in [0.5, 0.6) is 0 Å². The summed E-state index contributed by atoms with van der Waals surface area (Å²) in [4.78, 5) is 4.94. The van der Waals surface area contributed by atoms with Gasteiger partial charge in [-0.15, -0.1) is 15.0 Å². The van der Waals surface area contributed by atoms with E-state index >= 15 is 0 Å². The molecule has 0 unspecified atom stereocenters. The van der Waals surface area contributed by atoms with Crippen LogP contribution in [0.2, 0.25) is 0 Å². The SMILES string of the molecule is Fc1ccc(-c2nnn(C[NH+]3CCN(c4ccccc4F)CC3)n2)cc1. The Kier molecular flexibility index (Phi) is 4.57. The molecule has 26 heavy (non-hydrogen) atoms. The molecular formula is C18H19F2N6+. The molecule has 1 aliphatic heterocycles. The van der Waals surface area contributed by atoms with Gasteiger partial charge in [-0.05, 0) is 41.6 Å². The molecule has 6 nitrogen and oxygen atoms in total. The Balaban J connectivity index is 1.36. The average molecular weight is 357 g/mol. The van der Waals surface area contributed by atoms with E-state index in [-0.39, 0.29) is 11.6 Å². The Morgan fingerprint density at radius 3 is 2.42 bits per heavy atom. The summed E-state index contributed by atoms with van der Waals surface area (Å²) in [6, 6.07) is 12.9. The second kappa shape index (κ2) is 7.17. The monoisotopic (exact) mass is 357 g/mol. The zero-order valence-electron chi connectivity index (χ0n) is 14.1. The fourth-order valence-corrected chi connectivity index (χ4v) is 3.15. The van der Waals surface area contributed by atoms with Crippen LogP contribution >= 0.6 is 0 Å². The summed E-state index contributed by atoms with van der Waals surface area (Å²) in [6.07, 6.45) is 0. The van der Waals surface area contributed by atoms with Crippen LogP contribution in [0.15, 0.2) is 48.5 Å². The molecular weight excluding hydrogens is 338 g/mol. The summed E-state index contributed by atoms with van der Waals surface area (Å²) >= 11 is 0. The van der Waals surface area contributed by atoms with Crippen molar-refractivity contribution in [1.29, 1.82) is 0 Å². The number of anilines is 1. The summed E-state index contributed by atoms with van der Waals surface area (Å²) in [6.45, 7) is 3.87. The van der Waals surface area contributed by atoms with Gasteiger partial charge in [0.15, 0.2) is 6.67 Å². The predicted octanol–water partition coefficient (Wildman–Crippen LogP) is 0.981. The topological polar surface area (TPSA) is 51.3 Å². The molecule has 1 aliphatic rings. The third-order valence-electron chi connectivity index (χ3n) is 4.58. The van der Waals surface area contributed by atoms with Gasteiger partial charge in [-0.2, -0.15) is 0 Å². The molecule has 2 heterocycles. The predicted molar refractivity (Wildman–Crippen MR) is 92.5 cm³/mol. The van der Waals surface area contributed by atoms with E-state index in [0.717, 1.165) is 31.7 Å². The van der Waals surface area contributed by atoms with Crippen molar-refractivity contribution in [1.82, 2.24) is 20.2 Å². The molecule has 1 N–H and O–H groups in total. The summed E-state index contributed by atoms with van der Waals surface area (Å²) in [7, 11) is 0. The summed E-state index contributed by atoms with van der Waals surface area (Å²) in [5.74, 6) is 0.00513. The summed E-state index contributed by atoms with van der Waals surface area (Å²) < 4.78 is 26.9. The molecule has 1 aromatic heterocycles. The van der Waals surface area contributed by atoms with Crippen molar-refractivity contribution in [2.75, 3.05) is 31.1 Å². The number of nitrogens with zero attached hydrogens (tertiary/aromatic N) is 5. The normalized spacial score (nSPS) is 15.4. The van der Waals surface area contributed by atoms with Crippen LogP contribution in [0.1, 0.15) is 0 Å². The first-order valence-electron chi connectivity index (χ1n) is 8.56. The van der Waals surface area contributed by atoms with E-state index in [2.05, 4.69) is 20.3 Å². The van der Waals surface area contributed by atoms with Gasteiger partial charge in [0.05, 0.1) is 31.9 Å². The van der Waals surface area contributed by atoms with Crippen LogP contribution in [0, 0.1) is 11.6 Å². The maximum Gasteiger partial charge on any atom is 0.205 e. The minimum absolute atomic E-state index is 0.183. The summed E-state index contributed by atoms with van der Waals surface area (Å²) in [5.41, 5.74) is 1.39. The zero-order valence-corrected chi connectivity index (χ0v) is 14.1. The van der Waals surface area contributed by atoms with Crippen molar-refractivity contribution in [3.63, 3.8) is 0 Å². The van der Waals surface area contributed by atoms with Crippen LogP contribution in [-0.4, -0.2) is 46.4 Å². The molecule has 134 valence electrons. The van der Waals surface area contributed by atoms with Gasteiger partial charge < -0.3 is 9.80 Å². The average Bonchev–Trinajstić information content (AvgIpc) is 3.12. The van der Waals surface area contributed by atoms with E-state index in [9.17, 15) is 8.78 Å². The van der Waals surface area contributed by atoms with Crippen molar-refractivity contribution in [2.45, 2.75) is 6.67 Å². The van der Waals surface area contributed by atoms with Gasteiger partial charge in [-0.25, -0.2) is 8.78 Å². The van der Waals surface area contributed by atoms with Crippen LogP contribution in [0.3, 0.4) is 0 Å². The van der Waals surface area contributed by atoms with E-state index in [1.165, 1.54) is 23.1 Å². The number of para-hydroxylation sites is 1. The smallest absolute Gasteiger partial charge is 0.205 e. The Bertz CT molecular complexity index is 871. The van der Waals surface area contributed by atoms with Crippen molar-refractivity contribution < 1.29 is 13.7 Å². The number of halogens is 2. The van der Waals surface area contributed by atoms with Crippen molar-refractivity contribution in [2.24, 2.45) is 0 Å². The Hall–Kier alpha value is -2.87. The minimum atomic E-state index is -0.293. The van der Waals surface area contributed by atoms with Gasteiger partial charge >= 0.3 is 0 Å². The third kappa shape index (κ3) is 3.55. The number of tetrazole rings is 1. The highest BCUT2D eigenvalue weighted by Crippen LogP contribution is 2.18. The largest absolute Gasteiger partial charge is 0.358 e. The van der Waals surface area contributed by atoms with Gasteiger partial charge in [0.2, 0.25) is 5.82 Å². The van der Waals surface area contributed by atoms with Gasteiger partial charge in [0.25, 0.3) is 0 Å². The third-order valence-corrected chi connectivity index (χ3v) is 4.58. The Morgan fingerprint density at radius 2 is 1.69 bits per heavy atom. The highest BCUT2D eigenvalue weighted by molar-refractivity contribution is 5.53. The molecule has 0 aliphatic carbocycles. The molecule has 1 saturated heterocycles. The standard InChI is InChI=1S/C18H18F2N6/c19-15-7-5-14(6-8-15)18-21-23-26(22-18)13-24-9-11-25(12-10-24)17-4-2-1-3-16(17)20/h1-8H,9-13H2/p+1. The molecule has 0 bridgehead atoms. The van der Waals surface area contributed by atoms with Crippen molar-refractivity contribution in [3.8, 4) is 11.4 Å². The lowest BCUT2D eigenvalue weighted by Crippen LogP contribution is -3.14.